The van der Waals surface area contributed by atoms with Crippen LogP contribution in [-0.2, 0) is 0 Å². The molecule has 0 amide bonds. The molecule has 0 aliphatic carbocycles. The number of aliphatic imine (C=N–C) groups is 2. The van der Waals surface area contributed by atoms with Crippen LogP contribution in [0.1, 0.15) is 57.5 Å². The number of hydrogen-bond acceptors (Lipinski definition) is 4. The van der Waals surface area contributed by atoms with Gasteiger partial charge in [0.2, 0.25) is 0 Å². The lowest BCUT2D eigenvalue weighted by atomic mass is 9.95. The highest BCUT2D eigenvalue weighted by Crippen LogP contribution is 2.40. The monoisotopic (exact) mass is 596 g/mol. The Morgan fingerprint density at radius 1 is 0.415 bits per heavy atom. The Hall–Kier alpha value is -4.48. The lowest BCUT2D eigenvalue weighted by Gasteiger charge is -2.20. The standard InChI is InChI=1S/C36H29BrN4/c37-30-28(35-38-31(24-14-5-1-6-15-24)32(39-35)25-16-7-2-8-17-25)22-13-23-29(30)36-40-33(26-18-9-3-10-19-26)34(41-36)27-20-11-4-12-21-27/h1-23,31-34H,(H,38,39)(H,40,41). The molecule has 5 heteroatoms. The Kier molecular flexibility index (Phi) is 6.95. The second-order valence-corrected chi connectivity index (χ2v) is 11.2. The second kappa shape index (κ2) is 11.2. The van der Waals surface area contributed by atoms with E-state index in [4.69, 9.17) is 9.98 Å². The van der Waals surface area contributed by atoms with E-state index in [0.29, 0.717) is 0 Å². The molecule has 4 unspecified atom stereocenters. The van der Waals surface area contributed by atoms with Crippen LogP contribution < -0.4 is 10.6 Å². The molecule has 0 radical (unpaired) electrons. The van der Waals surface area contributed by atoms with Crippen LogP contribution in [0.2, 0.25) is 0 Å². The summed E-state index contributed by atoms with van der Waals surface area (Å²) in [5, 5.41) is 7.52. The lowest BCUT2D eigenvalue weighted by molar-refractivity contribution is 0.572. The van der Waals surface area contributed by atoms with E-state index in [-0.39, 0.29) is 24.2 Å². The van der Waals surface area contributed by atoms with Gasteiger partial charge in [-0.15, -0.1) is 0 Å². The van der Waals surface area contributed by atoms with Gasteiger partial charge in [-0.25, -0.2) is 0 Å². The zero-order chi connectivity index (χ0) is 27.6. The first kappa shape index (κ1) is 25.5. The van der Waals surface area contributed by atoms with E-state index in [1.54, 1.807) is 0 Å². The Bertz CT molecular complexity index is 1580. The van der Waals surface area contributed by atoms with Crippen LogP contribution >= 0.6 is 15.9 Å². The first-order valence-electron chi connectivity index (χ1n) is 13.9. The normalized spacial score (nSPS) is 21.5. The highest BCUT2D eigenvalue weighted by molar-refractivity contribution is 9.10. The van der Waals surface area contributed by atoms with Crippen molar-refractivity contribution in [1.29, 1.82) is 0 Å². The highest BCUT2D eigenvalue weighted by Gasteiger charge is 2.35. The SMILES string of the molecule is Brc1c(C2=NC(c3ccccc3)C(c3ccccc3)N2)cccc1C1=NC(c2ccccc2)C(c2ccccc2)N1. The fourth-order valence-electron chi connectivity index (χ4n) is 5.83. The van der Waals surface area contributed by atoms with Gasteiger partial charge < -0.3 is 10.6 Å². The summed E-state index contributed by atoms with van der Waals surface area (Å²) in [6.45, 7) is 0. The third-order valence-electron chi connectivity index (χ3n) is 7.86. The first-order valence-corrected chi connectivity index (χ1v) is 14.7. The predicted octanol–water partition coefficient (Wildman–Crippen LogP) is 8.11. The van der Waals surface area contributed by atoms with Crippen molar-refractivity contribution in [1.82, 2.24) is 10.6 Å². The van der Waals surface area contributed by atoms with Gasteiger partial charge in [-0.2, -0.15) is 0 Å². The molecule has 2 heterocycles. The maximum Gasteiger partial charge on any atom is 0.130 e. The van der Waals surface area contributed by atoms with Crippen LogP contribution in [0.25, 0.3) is 0 Å². The summed E-state index contributed by atoms with van der Waals surface area (Å²) < 4.78 is 0.971. The third kappa shape index (κ3) is 4.98. The minimum absolute atomic E-state index is 0.0315. The van der Waals surface area contributed by atoms with E-state index in [2.05, 4.69) is 166 Å². The molecule has 0 fully saturated rings. The van der Waals surface area contributed by atoms with Gasteiger partial charge in [0, 0.05) is 15.6 Å². The average molecular weight is 598 g/mol. The molecule has 4 nitrogen and oxygen atoms in total. The summed E-state index contributed by atoms with van der Waals surface area (Å²) in [5.74, 6) is 1.75. The van der Waals surface area contributed by atoms with Gasteiger partial charge in [-0.05, 0) is 38.2 Å². The molecule has 7 rings (SSSR count). The van der Waals surface area contributed by atoms with Crippen molar-refractivity contribution in [3.63, 3.8) is 0 Å². The molecule has 0 saturated heterocycles. The quantitative estimate of drug-likeness (QED) is 0.208. The van der Waals surface area contributed by atoms with E-state index in [1.807, 2.05) is 0 Å². The van der Waals surface area contributed by atoms with Crippen molar-refractivity contribution in [2.75, 3.05) is 0 Å². The molecule has 200 valence electrons. The summed E-state index contributed by atoms with van der Waals surface area (Å²) in [6, 6.07) is 48.5. The predicted molar refractivity (Wildman–Crippen MR) is 170 cm³/mol. The zero-order valence-electron chi connectivity index (χ0n) is 22.4. The number of halogens is 1. The van der Waals surface area contributed by atoms with Crippen molar-refractivity contribution in [3.05, 3.63) is 177 Å². The van der Waals surface area contributed by atoms with E-state index in [1.165, 1.54) is 22.3 Å². The molecule has 0 spiro atoms. The van der Waals surface area contributed by atoms with Crippen LogP contribution in [0.3, 0.4) is 0 Å². The second-order valence-electron chi connectivity index (χ2n) is 10.4. The first-order chi connectivity index (χ1) is 20.3. The molecule has 0 saturated carbocycles. The summed E-state index contributed by atoms with van der Waals surface area (Å²) in [5.41, 5.74) is 6.84. The molecular formula is C36H29BrN4. The Balaban J connectivity index is 1.27. The summed E-state index contributed by atoms with van der Waals surface area (Å²) in [7, 11) is 0. The van der Waals surface area contributed by atoms with Crippen molar-refractivity contribution in [3.8, 4) is 0 Å². The molecule has 0 aromatic heterocycles. The minimum Gasteiger partial charge on any atom is -0.360 e. The van der Waals surface area contributed by atoms with E-state index < -0.39 is 0 Å². The molecular weight excluding hydrogens is 568 g/mol. The Morgan fingerprint density at radius 3 is 1.12 bits per heavy atom. The molecule has 0 bridgehead atoms. The highest BCUT2D eigenvalue weighted by atomic mass is 79.9. The van der Waals surface area contributed by atoms with Gasteiger partial charge in [-0.3, -0.25) is 9.98 Å². The van der Waals surface area contributed by atoms with Crippen molar-refractivity contribution >= 4 is 27.6 Å². The van der Waals surface area contributed by atoms with Crippen molar-refractivity contribution < 1.29 is 0 Å². The molecule has 2 N–H and O–H groups in total. The molecule has 2 aliphatic rings. The fraction of sp³-hybridized carbons (Fsp3) is 0.111. The van der Waals surface area contributed by atoms with Crippen LogP contribution in [0.15, 0.2) is 154 Å². The fourth-order valence-corrected chi connectivity index (χ4v) is 6.47. The van der Waals surface area contributed by atoms with E-state index >= 15 is 0 Å². The number of amidine groups is 2. The third-order valence-corrected chi connectivity index (χ3v) is 8.72. The average Bonchev–Trinajstić information content (AvgIpc) is 3.69. The molecule has 5 aromatic rings. The van der Waals surface area contributed by atoms with Gasteiger partial charge in [0.15, 0.2) is 0 Å². The van der Waals surface area contributed by atoms with Gasteiger partial charge >= 0.3 is 0 Å². The topological polar surface area (TPSA) is 48.8 Å². The van der Waals surface area contributed by atoms with Gasteiger partial charge in [0.1, 0.15) is 23.8 Å². The van der Waals surface area contributed by atoms with Gasteiger partial charge in [0.05, 0.1) is 12.1 Å². The number of nitrogens with one attached hydrogen (secondary N) is 2. The maximum absolute atomic E-state index is 5.26. The summed E-state index contributed by atoms with van der Waals surface area (Å²) in [6.07, 6.45) is 0. The molecule has 4 atom stereocenters. The maximum atomic E-state index is 5.26. The largest absolute Gasteiger partial charge is 0.360 e. The van der Waals surface area contributed by atoms with Crippen LogP contribution in [0.4, 0.5) is 0 Å². The Morgan fingerprint density at radius 2 is 0.756 bits per heavy atom. The number of benzene rings is 5. The summed E-state index contributed by atoms with van der Waals surface area (Å²) in [4.78, 5) is 10.5. The minimum atomic E-state index is -0.0315. The van der Waals surface area contributed by atoms with Gasteiger partial charge in [-0.1, -0.05) is 140 Å². The lowest BCUT2D eigenvalue weighted by Crippen LogP contribution is -2.27. The van der Waals surface area contributed by atoms with Gasteiger partial charge in [0.25, 0.3) is 0 Å². The van der Waals surface area contributed by atoms with E-state index in [0.717, 1.165) is 27.3 Å². The number of hydrogen-bond donors (Lipinski definition) is 2. The van der Waals surface area contributed by atoms with Crippen LogP contribution in [-0.4, -0.2) is 11.7 Å². The number of nitrogens with zero attached hydrogens (tertiary/aromatic N) is 2. The zero-order valence-corrected chi connectivity index (χ0v) is 23.9. The van der Waals surface area contributed by atoms with E-state index in [9.17, 15) is 0 Å². The molecule has 2 aliphatic heterocycles. The molecule has 5 aromatic carbocycles. The van der Waals surface area contributed by atoms with Crippen LogP contribution in [0, 0.1) is 0 Å². The van der Waals surface area contributed by atoms with Crippen LogP contribution in [0.5, 0.6) is 0 Å². The number of rotatable bonds is 6. The Labute approximate surface area is 249 Å². The molecule has 41 heavy (non-hydrogen) atoms. The smallest absolute Gasteiger partial charge is 0.130 e. The van der Waals surface area contributed by atoms with Crippen molar-refractivity contribution in [2.24, 2.45) is 9.98 Å². The van der Waals surface area contributed by atoms with Crippen molar-refractivity contribution in [2.45, 2.75) is 24.2 Å². The summed E-state index contributed by atoms with van der Waals surface area (Å²) >= 11 is 3.96.